The maximum Gasteiger partial charge on any atom is 0.224 e. The van der Waals surface area contributed by atoms with E-state index in [1.807, 2.05) is 35.0 Å². The number of nitrogens with one attached hydrogen (secondary N) is 1. The molecule has 0 saturated heterocycles. The molecule has 0 spiro atoms. The van der Waals surface area contributed by atoms with E-state index < -0.39 is 0 Å². The molecule has 1 aromatic carbocycles. The monoisotopic (exact) mass is 269 g/mol. The zero-order chi connectivity index (χ0) is 13.9. The van der Waals surface area contributed by atoms with Crippen LogP contribution in [0.2, 0.25) is 0 Å². The van der Waals surface area contributed by atoms with Crippen LogP contribution in [0.4, 0.5) is 5.95 Å². The zero-order valence-electron chi connectivity index (χ0n) is 11.9. The van der Waals surface area contributed by atoms with Gasteiger partial charge in [0.05, 0.1) is 17.2 Å². The van der Waals surface area contributed by atoms with E-state index in [2.05, 4.69) is 40.5 Å². The van der Waals surface area contributed by atoms with Crippen LogP contribution < -0.4 is 5.32 Å². The molecule has 0 aliphatic heterocycles. The summed E-state index contributed by atoms with van der Waals surface area (Å²) < 4.78 is 1.87. The van der Waals surface area contributed by atoms with Crippen molar-refractivity contribution in [2.24, 2.45) is 0 Å². The zero-order valence-corrected chi connectivity index (χ0v) is 11.9. The van der Waals surface area contributed by atoms with Gasteiger partial charge in [0.1, 0.15) is 0 Å². The van der Waals surface area contributed by atoms with Gasteiger partial charge in [-0.25, -0.2) is 4.98 Å². The van der Waals surface area contributed by atoms with Gasteiger partial charge in [0.15, 0.2) is 0 Å². The summed E-state index contributed by atoms with van der Waals surface area (Å²) in [6.07, 6.45) is 2.89. The molecule has 1 N–H and O–H groups in total. The third-order valence-corrected chi connectivity index (χ3v) is 3.31. The van der Waals surface area contributed by atoms with Crippen LogP contribution in [0.5, 0.6) is 0 Å². The summed E-state index contributed by atoms with van der Waals surface area (Å²) >= 11 is 0. The first-order valence-electron chi connectivity index (χ1n) is 6.87. The van der Waals surface area contributed by atoms with Gasteiger partial charge in [-0.1, -0.05) is 18.2 Å². The van der Waals surface area contributed by atoms with Crippen molar-refractivity contribution in [2.75, 3.05) is 32.5 Å². The molecule has 104 valence electrons. The minimum absolute atomic E-state index is 0.808. The highest BCUT2D eigenvalue weighted by Gasteiger charge is 2.07. The first-order chi connectivity index (χ1) is 9.75. The lowest BCUT2D eigenvalue weighted by Crippen LogP contribution is -2.17. The fourth-order valence-corrected chi connectivity index (χ4v) is 2.34. The minimum atomic E-state index is 0.808. The highest BCUT2D eigenvalue weighted by Crippen LogP contribution is 2.20. The number of fused-ring (bicyclic) bond motifs is 3. The van der Waals surface area contributed by atoms with Gasteiger partial charge in [0, 0.05) is 11.9 Å². The molecule has 0 amide bonds. The van der Waals surface area contributed by atoms with Crippen LogP contribution in [-0.2, 0) is 0 Å². The SMILES string of the molecule is CN(C)CCCNc1nc2ccccc2c2ccnn12. The summed E-state index contributed by atoms with van der Waals surface area (Å²) in [5.74, 6) is 0.808. The summed E-state index contributed by atoms with van der Waals surface area (Å²) in [5, 5.41) is 8.88. The van der Waals surface area contributed by atoms with Gasteiger partial charge in [-0.3, -0.25) is 0 Å². The number of nitrogens with zero attached hydrogens (tertiary/aromatic N) is 4. The van der Waals surface area contributed by atoms with E-state index in [0.29, 0.717) is 0 Å². The molecule has 5 heteroatoms. The number of anilines is 1. The molecular formula is C15H19N5. The predicted octanol–water partition coefficient (Wildman–Crippen LogP) is 2.25. The summed E-state index contributed by atoms with van der Waals surface area (Å²) in [6.45, 7) is 1.95. The highest BCUT2D eigenvalue weighted by molar-refractivity contribution is 5.94. The van der Waals surface area contributed by atoms with E-state index >= 15 is 0 Å². The fraction of sp³-hybridized carbons (Fsp3) is 0.333. The van der Waals surface area contributed by atoms with Crippen molar-refractivity contribution >= 4 is 22.4 Å². The lowest BCUT2D eigenvalue weighted by atomic mass is 10.2. The van der Waals surface area contributed by atoms with E-state index in [9.17, 15) is 0 Å². The molecule has 0 fully saturated rings. The van der Waals surface area contributed by atoms with Crippen molar-refractivity contribution in [2.45, 2.75) is 6.42 Å². The Morgan fingerprint density at radius 2 is 2.05 bits per heavy atom. The molecular weight excluding hydrogens is 250 g/mol. The molecule has 20 heavy (non-hydrogen) atoms. The second-order valence-electron chi connectivity index (χ2n) is 5.16. The van der Waals surface area contributed by atoms with Crippen LogP contribution in [0.1, 0.15) is 6.42 Å². The Balaban J connectivity index is 1.90. The van der Waals surface area contributed by atoms with Gasteiger partial charge in [0.2, 0.25) is 5.95 Å². The lowest BCUT2D eigenvalue weighted by Gasteiger charge is -2.12. The Labute approximate surface area is 118 Å². The quantitative estimate of drug-likeness (QED) is 0.722. The normalized spacial score (nSPS) is 11.6. The van der Waals surface area contributed by atoms with Gasteiger partial charge >= 0.3 is 0 Å². The molecule has 0 aliphatic rings. The van der Waals surface area contributed by atoms with Crippen molar-refractivity contribution in [3.05, 3.63) is 36.5 Å². The third kappa shape index (κ3) is 2.44. The number of aromatic nitrogens is 3. The van der Waals surface area contributed by atoms with Crippen molar-refractivity contribution in [1.82, 2.24) is 19.5 Å². The third-order valence-electron chi connectivity index (χ3n) is 3.31. The van der Waals surface area contributed by atoms with Gasteiger partial charge < -0.3 is 10.2 Å². The molecule has 0 aliphatic carbocycles. The number of benzene rings is 1. The van der Waals surface area contributed by atoms with Crippen LogP contribution >= 0.6 is 0 Å². The van der Waals surface area contributed by atoms with Crippen LogP contribution in [0, 0.1) is 0 Å². The average molecular weight is 269 g/mol. The summed E-state index contributed by atoms with van der Waals surface area (Å²) in [4.78, 5) is 6.85. The van der Waals surface area contributed by atoms with Crippen molar-refractivity contribution in [3.8, 4) is 0 Å². The van der Waals surface area contributed by atoms with Gasteiger partial charge in [0.25, 0.3) is 0 Å². The topological polar surface area (TPSA) is 45.5 Å². The number of hydrogen-bond acceptors (Lipinski definition) is 4. The molecule has 3 aromatic rings. The molecule has 0 bridgehead atoms. The van der Waals surface area contributed by atoms with Crippen LogP contribution in [0.15, 0.2) is 36.5 Å². The maximum atomic E-state index is 4.67. The fourth-order valence-electron chi connectivity index (χ4n) is 2.34. The van der Waals surface area contributed by atoms with Crippen molar-refractivity contribution < 1.29 is 0 Å². The van der Waals surface area contributed by atoms with Crippen molar-refractivity contribution in [1.29, 1.82) is 0 Å². The smallest absolute Gasteiger partial charge is 0.224 e. The first kappa shape index (κ1) is 12.9. The molecule has 0 atom stereocenters. The van der Waals surface area contributed by atoms with Crippen molar-refractivity contribution in [3.63, 3.8) is 0 Å². The number of para-hydroxylation sites is 1. The van der Waals surface area contributed by atoms with E-state index in [0.717, 1.165) is 41.9 Å². The Kier molecular flexibility index (Phi) is 3.52. The summed E-state index contributed by atoms with van der Waals surface area (Å²) in [7, 11) is 4.17. The molecule has 5 nitrogen and oxygen atoms in total. The van der Waals surface area contributed by atoms with Crippen LogP contribution in [-0.4, -0.2) is 46.7 Å². The Morgan fingerprint density at radius 1 is 1.20 bits per heavy atom. The molecule has 3 rings (SSSR count). The Morgan fingerprint density at radius 3 is 2.90 bits per heavy atom. The maximum absolute atomic E-state index is 4.67. The van der Waals surface area contributed by atoms with Crippen LogP contribution in [0.3, 0.4) is 0 Å². The Bertz CT molecular complexity index is 716. The second-order valence-corrected chi connectivity index (χ2v) is 5.16. The Hall–Kier alpha value is -2.14. The minimum Gasteiger partial charge on any atom is -0.354 e. The van der Waals surface area contributed by atoms with E-state index in [-0.39, 0.29) is 0 Å². The van der Waals surface area contributed by atoms with E-state index in [1.54, 1.807) is 0 Å². The number of hydrogen-bond donors (Lipinski definition) is 1. The molecule has 0 radical (unpaired) electrons. The average Bonchev–Trinajstić information content (AvgIpc) is 2.93. The molecule has 0 unspecified atom stereocenters. The van der Waals surface area contributed by atoms with E-state index in [4.69, 9.17) is 0 Å². The van der Waals surface area contributed by atoms with Gasteiger partial charge in [-0.2, -0.15) is 9.61 Å². The summed E-state index contributed by atoms with van der Waals surface area (Å²) in [5.41, 5.74) is 2.08. The van der Waals surface area contributed by atoms with E-state index in [1.165, 1.54) is 0 Å². The van der Waals surface area contributed by atoms with Gasteiger partial charge in [-0.15, -0.1) is 0 Å². The molecule has 2 heterocycles. The van der Waals surface area contributed by atoms with Crippen LogP contribution in [0.25, 0.3) is 16.4 Å². The largest absolute Gasteiger partial charge is 0.354 e. The highest BCUT2D eigenvalue weighted by atomic mass is 15.3. The first-order valence-corrected chi connectivity index (χ1v) is 6.87. The lowest BCUT2D eigenvalue weighted by molar-refractivity contribution is 0.405. The summed E-state index contributed by atoms with van der Waals surface area (Å²) in [6, 6.07) is 10.2. The predicted molar refractivity (Wildman–Crippen MR) is 82.2 cm³/mol. The second kappa shape index (κ2) is 5.46. The number of rotatable bonds is 5. The van der Waals surface area contributed by atoms with Gasteiger partial charge in [-0.05, 0) is 39.2 Å². The molecule has 2 aromatic heterocycles. The standard InChI is InChI=1S/C15H19N5/c1-19(2)11-5-9-16-15-18-13-7-4-3-6-12(13)14-8-10-17-20(14)15/h3-4,6-8,10H,5,9,11H2,1-2H3,(H,16,18). The molecule has 0 saturated carbocycles.